The second-order valence-electron chi connectivity index (χ2n) is 7.49. The van der Waals surface area contributed by atoms with Crippen LogP contribution in [0.4, 0.5) is 13.2 Å². The maximum absolute atomic E-state index is 13.4. The fraction of sp³-hybridized carbons (Fsp3) is 0.120. The Balaban J connectivity index is 1.82. The minimum Gasteiger partial charge on any atom is -0.497 e. The van der Waals surface area contributed by atoms with Crippen molar-refractivity contribution < 1.29 is 32.5 Å². The number of aliphatic hydroxyl groups is 1. The third-order valence-electron chi connectivity index (χ3n) is 5.28. The Labute approximate surface area is 201 Å². The lowest BCUT2D eigenvalue weighted by atomic mass is 10.1. The van der Waals surface area contributed by atoms with Gasteiger partial charge in [0.2, 0.25) is 0 Å². The fourth-order valence-electron chi connectivity index (χ4n) is 3.50. The molecule has 1 N–H and O–H groups in total. The lowest BCUT2D eigenvalue weighted by Crippen LogP contribution is -2.20. The minimum absolute atomic E-state index is 0.0363. The van der Waals surface area contributed by atoms with Crippen LogP contribution in [0, 0.1) is 0 Å². The molecule has 0 saturated heterocycles. The first-order valence-corrected chi connectivity index (χ1v) is 10.5. The van der Waals surface area contributed by atoms with E-state index in [9.17, 15) is 27.9 Å². The van der Waals surface area contributed by atoms with Crippen molar-refractivity contribution in [2.24, 2.45) is 0 Å². The molecule has 4 rings (SSSR count). The van der Waals surface area contributed by atoms with Crippen LogP contribution < -0.4 is 15.0 Å². The van der Waals surface area contributed by atoms with Crippen LogP contribution in [0.3, 0.4) is 0 Å². The summed E-state index contributed by atoms with van der Waals surface area (Å²) >= 11 is 6.44. The highest BCUT2D eigenvalue weighted by molar-refractivity contribution is 6.35. The predicted octanol–water partition coefficient (Wildman–Crippen LogP) is 5.38. The van der Waals surface area contributed by atoms with Gasteiger partial charge in [-0.25, -0.2) is 4.79 Å². The van der Waals surface area contributed by atoms with Gasteiger partial charge in [-0.05, 0) is 66.2 Å². The summed E-state index contributed by atoms with van der Waals surface area (Å²) in [5.41, 5.74) is -0.856. The minimum atomic E-state index is -4.56. The van der Waals surface area contributed by atoms with E-state index in [0.717, 1.165) is 24.3 Å². The molecule has 180 valence electrons. The molecule has 3 aromatic carbocycles. The molecule has 0 aliphatic heterocycles. The summed E-state index contributed by atoms with van der Waals surface area (Å²) in [4.78, 5) is 26.1. The van der Waals surface area contributed by atoms with Gasteiger partial charge in [0.05, 0.1) is 35.3 Å². The number of rotatable bonds is 5. The normalized spacial score (nSPS) is 11.5. The molecule has 0 bridgehead atoms. The summed E-state index contributed by atoms with van der Waals surface area (Å²) in [5.74, 6) is -0.593. The molecule has 1 heterocycles. The molecule has 10 heteroatoms. The van der Waals surface area contributed by atoms with Gasteiger partial charge >= 0.3 is 12.1 Å². The van der Waals surface area contributed by atoms with Gasteiger partial charge in [-0.15, -0.1) is 0 Å². The van der Waals surface area contributed by atoms with Crippen LogP contribution in [0.15, 0.2) is 71.7 Å². The first-order chi connectivity index (χ1) is 16.6. The van der Waals surface area contributed by atoms with E-state index in [1.165, 1.54) is 30.0 Å². The van der Waals surface area contributed by atoms with Gasteiger partial charge in [-0.2, -0.15) is 13.2 Å². The van der Waals surface area contributed by atoms with E-state index in [1.807, 2.05) is 0 Å². The number of benzene rings is 3. The average molecular weight is 504 g/mol. The van der Waals surface area contributed by atoms with E-state index in [1.54, 1.807) is 24.3 Å². The number of carbonyl (C=O) groups is 1. The third-order valence-corrected chi connectivity index (χ3v) is 5.58. The number of ether oxygens (including phenoxy) is 2. The van der Waals surface area contributed by atoms with Gasteiger partial charge in [0, 0.05) is 17.3 Å². The Morgan fingerprint density at radius 3 is 2.29 bits per heavy atom. The van der Waals surface area contributed by atoms with Crippen LogP contribution in [0.2, 0.25) is 5.02 Å². The Kier molecular flexibility index (Phi) is 6.56. The number of nitrogens with zero attached hydrogens (tertiary/aromatic N) is 1. The molecular weight excluding hydrogens is 487 g/mol. The van der Waals surface area contributed by atoms with Gasteiger partial charge < -0.3 is 14.6 Å². The van der Waals surface area contributed by atoms with Crippen molar-refractivity contribution in [1.82, 2.24) is 4.57 Å². The molecule has 1 aromatic heterocycles. The second-order valence-corrected chi connectivity index (χ2v) is 7.90. The molecule has 0 amide bonds. The van der Waals surface area contributed by atoms with Crippen molar-refractivity contribution in [3.8, 4) is 17.2 Å². The molecule has 0 aliphatic rings. The average Bonchev–Trinajstić information content (AvgIpc) is 2.85. The SMILES string of the molecule is COc1ccc(-n2cc(Cl)c3cc(CO)cc(OC(=O)c4ccc(C(F)(F)F)cc4)c3c2=O)cc1. The van der Waals surface area contributed by atoms with Crippen LogP contribution in [0.1, 0.15) is 21.5 Å². The van der Waals surface area contributed by atoms with Crippen molar-refractivity contribution in [3.05, 3.63) is 98.9 Å². The summed E-state index contributed by atoms with van der Waals surface area (Å²) in [5, 5.41) is 9.99. The van der Waals surface area contributed by atoms with E-state index in [4.69, 9.17) is 21.1 Å². The number of halogens is 4. The maximum atomic E-state index is 13.4. The summed E-state index contributed by atoms with van der Waals surface area (Å²) in [6.45, 7) is -0.432. The number of esters is 1. The summed E-state index contributed by atoms with van der Waals surface area (Å²) in [7, 11) is 1.50. The van der Waals surface area contributed by atoms with Crippen LogP contribution >= 0.6 is 11.6 Å². The van der Waals surface area contributed by atoms with Crippen molar-refractivity contribution in [2.75, 3.05) is 7.11 Å². The van der Waals surface area contributed by atoms with Gasteiger partial charge in [-0.1, -0.05) is 11.6 Å². The standard InChI is InChI=1S/C25H17ClF3NO5/c1-34-18-8-6-17(7-9-18)30-12-20(26)19-10-14(13-31)11-21(22(19)23(30)32)35-24(33)15-2-4-16(5-3-15)25(27,28)29/h2-12,31H,13H2,1H3. The molecule has 4 aromatic rings. The van der Waals surface area contributed by atoms with E-state index in [-0.39, 0.29) is 27.1 Å². The van der Waals surface area contributed by atoms with Crippen LogP contribution in [-0.4, -0.2) is 22.8 Å². The largest absolute Gasteiger partial charge is 0.497 e. The number of alkyl halides is 3. The Bertz CT molecular complexity index is 1460. The third kappa shape index (κ3) is 4.87. The predicted molar refractivity (Wildman–Crippen MR) is 123 cm³/mol. The Hall–Kier alpha value is -3.82. The molecule has 0 unspecified atom stereocenters. The molecule has 0 radical (unpaired) electrons. The lowest BCUT2D eigenvalue weighted by molar-refractivity contribution is -0.137. The number of carbonyl (C=O) groups excluding carboxylic acids is 1. The number of hydrogen-bond donors (Lipinski definition) is 1. The maximum Gasteiger partial charge on any atom is 0.416 e. The number of aliphatic hydroxyl groups excluding tert-OH is 1. The first-order valence-electron chi connectivity index (χ1n) is 10.1. The number of hydrogen-bond acceptors (Lipinski definition) is 5. The van der Waals surface area contributed by atoms with Gasteiger partial charge in [0.1, 0.15) is 11.5 Å². The molecule has 0 spiro atoms. The fourth-order valence-corrected chi connectivity index (χ4v) is 3.75. The second kappa shape index (κ2) is 9.44. The summed E-state index contributed by atoms with van der Waals surface area (Å²) in [6.07, 6.45) is -3.16. The van der Waals surface area contributed by atoms with Crippen molar-refractivity contribution >= 4 is 28.3 Å². The topological polar surface area (TPSA) is 77.8 Å². The smallest absolute Gasteiger partial charge is 0.416 e. The highest BCUT2D eigenvalue weighted by Gasteiger charge is 2.30. The Morgan fingerprint density at radius 2 is 1.71 bits per heavy atom. The molecule has 0 aliphatic carbocycles. The highest BCUT2D eigenvalue weighted by atomic mass is 35.5. The summed E-state index contributed by atoms with van der Waals surface area (Å²) in [6, 6.07) is 12.8. The molecular formula is C25H17ClF3NO5. The van der Waals surface area contributed by atoms with Crippen molar-refractivity contribution in [3.63, 3.8) is 0 Å². The first kappa shape index (κ1) is 24.3. The number of pyridine rings is 1. The zero-order chi connectivity index (χ0) is 25.3. The molecule has 0 saturated carbocycles. The summed E-state index contributed by atoms with van der Waals surface area (Å²) < 4.78 is 50.3. The van der Waals surface area contributed by atoms with Gasteiger partial charge in [0.15, 0.2) is 0 Å². The number of aromatic nitrogens is 1. The van der Waals surface area contributed by atoms with Gasteiger partial charge in [-0.3, -0.25) is 9.36 Å². The number of fused-ring (bicyclic) bond motifs is 1. The highest BCUT2D eigenvalue weighted by Crippen LogP contribution is 2.32. The van der Waals surface area contributed by atoms with E-state index in [2.05, 4.69) is 0 Å². The van der Waals surface area contributed by atoms with E-state index in [0.29, 0.717) is 17.0 Å². The monoisotopic (exact) mass is 503 g/mol. The molecule has 0 fully saturated rings. The molecule has 0 atom stereocenters. The van der Waals surface area contributed by atoms with Crippen molar-refractivity contribution in [1.29, 1.82) is 0 Å². The quantitative estimate of drug-likeness (QED) is 0.292. The van der Waals surface area contributed by atoms with Crippen molar-refractivity contribution in [2.45, 2.75) is 12.8 Å². The van der Waals surface area contributed by atoms with Crippen LogP contribution in [-0.2, 0) is 12.8 Å². The molecule has 35 heavy (non-hydrogen) atoms. The zero-order valence-electron chi connectivity index (χ0n) is 18.1. The number of methoxy groups -OCH3 is 1. The zero-order valence-corrected chi connectivity index (χ0v) is 18.9. The van der Waals surface area contributed by atoms with Gasteiger partial charge in [0.25, 0.3) is 5.56 Å². The van der Waals surface area contributed by atoms with E-state index < -0.39 is 29.9 Å². The lowest BCUT2D eigenvalue weighted by Gasteiger charge is -2.14. The molecule has 6 nitrogen and oxygen atoms in total. The Morgan fingerprint density at radius 1 is 1.06 bits per heavy atom. The van der Waals surface area contributed by atoms with E-state index >= 15 is 0 Å². The van der Waals surface area contributed by atoms with Crippen LogP contribution in [0.25, 0.3) is 16.5 Å². The van der Waals surface area contributed by atoms with Crippen LogP contribution in [0.5, 0.6) is 11.5 Å².